The molecule has 0 bridgehead atoms. The predicted molar refractivity (Wildman–Crippen MR) is 88.1 cm³/mol. The van der Waals surface area contributed by atoms with Crippen LogP contribution in [0.25, 0.3) is 11.5 Å². The summed E-state index contributed by atoms with van der Waals surface area (Å²) in [5, 5.41) is 12.3. The van der Waals surface area contributed by atoms with E-state index in [2.05, 4.69) is 15.5 Å². The fourth-order valence-electron chi connectivity index (χ4n) is 2.16. The Bertz CT molecular complexity index is 756. The van der Waals surface area contributed by atoms with Gasteiger partial charge in [0.15, 0.2) is 0 Å². The molecule has 0 unspecified atom stereocenters. The van der Waals surface area contributed by atoms with E-state index in [1.165, 1.54) is 0 Å². The van der Waals surface area contributed by atoms with Crippen molar-refractivity contribution in [2.75, 3.05) is 11.9 Å². The number of hydrogen-bond donors (Lipinski definition) is 1. The Balaban J connectivity index is 1.61. The van der Waals surface area contributed by atoms with Gasteiger partial charge in [-0.05, 0) is 36.8 Å². The molecule has 4 nitrogen and oxygen atoms in total. The van der Waals surface area contributed by atoms with Gasteiger partial charge in [0.25, 0.3) is 0 Å². The molecule has 1 heterocycles. The fraction of sp³-hybridized carbons (Fsp3) is 0.176. The Hall–Kier alpha value is -2.33. The third kappa shape index (κ3) is 3.28. The Kier molecular flexibility index (Phi) is 4.39. The number of hydrogen-bond acceptors (Lipinski definition) is 4. The first-order valence-corrected chi connectivity index (χ1v) is 7.48. The van der Waals surface area contributed by atoms with Gasteiger partial charge in [0.05, 0.1) is 0 Å². The average molecular weight is 314 g/mol. The number of anilines is 1. The molecule has 0 atom stereocenters. The summed E-state index contributed by atoms with van der Waals surface area (Å²) < 4.78 is 5.67. The average Bonchev–Trinajstić information content (AvgIpc) is 3.01. The van der Waals surface area contributed by atoms with Gasteiger partial charge >= 0.3 is 0 Å². The molecule has 0 aliphatic carbocycles. The second kappa shape index (κ2) is 6.62. The summed E-state index contributed by atoms with van der Waals surface area (Å²) in [5.74, 6) is 1.17. The van der Waals surface area contributed by atoms with Gasteiger partial charge in [-0.3, -0.25) is 0 Å². The van der Waals surface area contributed by atoms with Crippen LogP contribution in [0.5, 0.6) is 0 Å². The van der Waals surface area contributed by atoms with Crippen LogP contribution in [0.1, 0.15) is 11.5 Å². The maximum Gasteiger partial charge on any atom is 0.247 e. The monoisotopic (exact) mass is 313 g/mol. The van der Waals surface area contributed by atoms with Crippen LogP contribution < -0.4 is 5.32 Å². The summed E-state index contributed by atoms with van der Waals surface area (Å²) in [5.41, 5.74) is 3.00. The van der Waals surface area contributed by atoms with Crippen molar-refractivity contribution in [1.82, 2.24) is 10.2 Å². The molecule has 0 saturated heterocycles. The molecule has 3 aromatic rings. The van der Waals surface area contributed by atoms with E-state index >= 15 is 0 Å². The first kappa shape index (κ1) is 14.6. The third-order valence-electron chi connectivity index (χ3n) is 3.41. The Morgan fingerprint density at radius 3 is 2.68 bits per heavy atom. The van der Waals surface area contributed by atoms with Crippen molar-refractivity contribution < 1.29 is 4.42 Å². The van der Waals surface area contributed by atoms with Crippen molar-refractivity contribution >= 4 is 17.3 Å². The SMILES string of the molecule is Cc1c(Cl)cccc1NCCc1nnc(-c2ccccc2)o1. The van der Waals surface area contributed by atoms with E-state index in [4.69, 9.17) is 16.0 Å². The molecule has 3 rings (SSSR count). The summed E-state index contributed by atoms with van der Waals surface area (Å²) in [6.45, 7) is 2.70. The van der Waals surface area contributed by atoms with Gasteiger partial charge in [-0.15, -0.1) is 10.2 Å². The predicted octanol–water partition coefficient (Wildman–Crippen LogP) is 4.35. The van der Waals surface area contributed by atoms with Gasteiger partial charge in [0.1, 0.15) is 0 Å². The lowest BCUT2D eigenvalue weighted by Crippen LogP contribution is -2.06. The number of halogens is 1. The number of nitrogens with zero attached hydrogens (tertiary/aromatic N) is 2. The zero-order valence-electron chi connectivity index (χ0n) is 12.2. The van der Waals surface area contributed by atoms with Crippen molar-refractivity contribution in [2.45, 2.75) is 13.3 Å². The molecule has 0 spiro atoms. The Morgan fingerprint density at radius 2 is 1.86 bits per heavy atom. The molecule has 0 aliphatic rings. The van der Waals surface area contributed by atoms with E-state index in [1.54, 1.807) is 0 Å². The van der Waals surface area contributed by atoms with Crippen molar-refractivity contribution in [3.8, 4) is 11.5 Å². The second-order valence-corrected chi connectivity index (χ2v) is 5.36. The fourth-order valence-corrected chi connectivity index (χ4v) is 2.33. The largest absolute Gasteiger partial charge is 0.421 e. The molecule has 5 heteroatoms. The van der Waals surface area contributed by atoms with E-state index in [0.717, 1.165) is 21.8 Å². The van der Waals surface area contributed by atoms with Crippen LogP contribution in [0.3, 0.4) is 0 Å². The molecule has 0 amide bonds. The quantitative estimate of drug-likeness (QED) is 0.760. The number of aromatic nitrogens is 2. The smallest absolute Gasteiger partial charge is 0.247 e. The number of rotatable bonds is 5. The summed E-state index contributed by atoms with van der Waals surface area (Å²) in [6.07, 6.45) is 0.659. The summed E-state index contributed by atoms with van der Waals surface area (Å²) in [6, 6.07) is 15.6. The molecular weight excluding hydrogens is 298 g/mol. The van der Waals surface area contributed by atoms with Crippen LogP contribution in [0.15, 0.2) is 52.9 Å². The summed E-state index contributed by atoms with van der Waals surface area (Å²) in [4.78, 5) is 0. The summed E-state index contributed by atoms with van der Waals surface area (Å²) >= 11 is 6.10. The highest BCUT2D eigenvalue weighted by Crippen LogP contribution is 2.23. The van der Waals surface area contributed by atoms with E-state index in [1.807, 2.05) is 55.5 Å². The van der Waals surface area contributed by atoms with E-state index < -0.39 is 0 Å². The molecule has 112 valence electrons. The maximum atomic E-state index is 6.10. The highest BCUT2D eigenvalue weighted by molar-refractivity contribution is 6.31. The van der Waals surface area contributed by atoms with Crippen LogP contribution >= 0.6 is 11.6 Å². The van der Waals surface area contributed by atoms with Crippen molar-refractivity contribution in [2.24, 2.45) is 0 Å². The first-order valence-electron chi connectivity index (χ1n) is 7.11. The molecule has 1 aromatic heterocycles. The molecule has 1 N–H and O–H groups in total. The first-order chi connectivity index (χ1) is 10.7. The maximum absolute atomic E-state index is 6.10. The van der Waals surface area contributed by atoms with Crippen LogP contribution in [0.2, 0.25) is 5.02 Å². The minimum atomic E-state index is 0.550. The van der Waals surface area contributed by atoms with Crippen molar-refractivity contribution in [3.63, 3.8) is 0 Å². The Labute approximate surface area is 134 Å². The minimum Gasteiger partial charge on any atom is -0.421 e. The molecule has 0 fully saturated rings. The van der Waals surface area contributed by atoms with E-state index in [9.17, 15) is 0 Å². The third-order valence-corrected chi connectivity index (χ3v) is 3.82. The molecule has 0 aliphatic heterocycles. The number of benzene rings is 2. The van der Waals surface area contributed by atoms with Crippen LogP contribution in [0.4, 0.5) is 5.69 Å². The minimum absolute atomic E-state index is 0.550. The van der Waals surface area contributed by atoms with Gasteiger partial charge in [-0.2, -0.15) is 0 Å². The van der Waals surface area contributed by atoms with Gasteiger partial charge < -0.3 is 9.73 Å². The van der Waals surface area contributed by atoms with Gasteiger partial charge in [-0.25, -0.2) is 0 Å². The lowest BCUT2D eigenvalue weighted by atomic mass is 10.2. The van der Waals surface area contributed by atoms with Crippen LogP contribution in [0, 0.1) is 6.92 Å². The Morgan fingerprint density at radius 1 is 1.05 bits per heavy atom. The van der Waals surface area contributed by atoms with Crippen LogP contribution in [-0.4, -0.2) is 16.7 Å². The zero-order valence-corrected chi connectivity index (χ0v) is 13.0. The zero-order chi connectivity index (χ0) is 15.4. The molecule has 2 aromatic carbocycles. The van der Waals surface area contributed by atoms with Gasteiger partial charge in [-0.1, -0.05) is 35.9 Å². The van der Waals surface area contributed by atoms with Gasteiger partial charge in [0, 0.05) is 29.2 Å². The number of nitrogens with one attached hydrogen (secondary N) is 1. The molecule has 22 heavy (non-hydrogen) atoms. The lowest BCUT2D eigenvalue weighted by Gasteiger charge is -2.09. The van der Waals surface area contributed by atoms with Crippen molar-refractivity contribution in [3.05, 3.63) is 65.0 Å². The second-order valence-electron chi connectivity index (χ2n) is 4.96. The summed E-state index contributed by atoms with van der Waals surface area (Å²) in [7, 11) is 0. The standard InChI is InChI=1S/C17H16ClN3O/c1-12-14(18)8-5-9-15(12)19-11-10-16-20-21-17(22-16)13-6-3-2-4-7-13/h2-9,19H,10-11H2,1H3. The van der Waals surface area contributed by atoms with E-state index in [0.29, 0.717) is 24.7 Å². The van der Waals surface area contributed by atoms with Crippen molar-refractivity contribution in [1.29, 1.82) is 0 Å². The highest BCUT2D eigenvalue weighted by atomic mass is 35.5. The normalized spacial score (nSPS) is 10.6. The topological polar surface area (TPSA) is 51.0 Å². The van der Waals surface area contributed by atoms with E-state index in [-0.39, 0.29) is 0 Å². The molecular formula is C17H16ClN3O. The molecule has 0 radical (unpaired) electrons. The van der Waals surface area contributed by atoms with Gasteiger partial charge in [0.2, 0.25) is 11.8 Å². The van der Waals surface area contributed by atoms with Crippen LogP contribution in [-0.2, 0) is 6.42 Å². The lowest BCUT2D eigenvalue weighted by molar-refractivity contribution is 0.509. The molecule has 0 saturated carbocycles. The highest BCUT2D eigenvalue weighted by Gasteiger charge is 2.08.